The Hall–Kier alpha value is -1.63. The first-order chi connectivity index (χ1) is 12.9. The minimum absolute atomic E-state index is 0.0743. The van der Waals surface area contributed by atoms with E-state index in [1.807, 2.05) is 37.3 Å². The highest BCUT2D eigenvalue weighted by atomic mass is 32.2. The van der Waals surface area contributed by atoms with Crippen molar-refractivity contribution in [1.82, 2.24) is 4.72 Å². The molecule has 0 fully saturated rings. The number of benzene rings is 1. The maximum absolute atomic E-state index is 12.7. The molecule has 2 aliphatic rings. The topological polar surface area (TPSA) is 58.2 Å². The predicted octanol–water partition coefficient (Wildman–Crippen LogP) is 4.96. The fraction of sp³-hybridized carbons (Fsp3) is 0.429. The molecule has 1 aliphatic carbocycles. The second kappa shape index (κ2) is 7.08. The molecule has 4 rings (SSSR count). The highest BCUT2D eigenvalue weighted by molar-refractivity contribution is 7.89. The lowest BCUT2D eigenvalue weighted by Gasteiger charge is -2.37. The van der Waals surface area contributed by atoms with Crippen LogP contribution >= 0.6 is 11.3 Å². The maximum atomic E-state index is 12.7. The Bertz CT molecular complexity index is 978. The SMILES string of the molecule is CCC(C)NS(=O)(=O)c1ccc2c(c1)C1C=CCC1C(c1ccc(C)s1)N2. The molecule has 4 atom stereocenters. The normalized spacial score (nSPS) is 24.9. The van der Waals surface area contributed by atoms with Crippen LogP contribution in [0.5, 0.6) is 0 Å². The average molecular weight is 403 g/mol. The molecular formula is C21H26N2O2S2. The lowest BCUT2D eigenvalue weighted by atomic mass is 9.79. The summed E-state index contributed by atoms with van der Waals surface area (Å²) in [6.45, 7) is 6.00. The Balaban J connectivity index is 1.70. The number of hydrogen-bond donors (Lipinski definition) is 2. The molecule has 0 bridgehead atoms. The summed E-state index contributed by atoms with van der Waals surface area (Å²) in [5.74, 6) is 0.684. The van der Waals surface area contributed by atoms with Crippen molar-refractivity contribution in [1.29, 1.82) is 0 Å². The van der Waals surface area contributed by atoms with Crippen molar-refractivity contribution in [2.24, 2.45) is 5.92 Å². The molecule has 2 heterocycles. The first-order valence-electron chi connectivity index (χ1n) is 9.55. The Labute approximate surface area is 165 Å². The highest BCUT2D eigenvalue weighted by Gasteiger charge is 2.39. The first-order valence-corrected chi connectivity index (χ1v) is 11.8. The minimum Gasteiger partial charge on any atom is -0.377 e. The van der Waals surface area contributed by atoms with Gasteiger partial charge in [-0.2, -0.15) is 0 Å². The van der Waals surface area contributed by atoms with Crippen LogP contribution in [0.25, 0.3) is 0 Å². The Morgan fingerprint density at radius 3 is 2.81 bits per heavy atom. The second-order valence-electron chi connectivity index (χ2n) is 7.60. The zero-order valence-electron chi connectivity index (χ0n) is 15.9. The van der Waals surface area contributed by atoms with Crippen molar-refractivity contribution in [3.8, 4) is 0 Å². The van der Waals surface area contributed by atoms with E-state index >= 15 is 0 Å². The quantitative estimate of drug-likeness (QED) is 0.695. The Kier molecular flexibility index (Phi) is 4.91. The third-order valence-corrected chi connectivity index (χ3v) is 8.35. The van der Waals surface area contributed by atoms with Crippen molar-refractivity contribution in [3.05, 3.63) is 57.8 Å². The standard InChI is InChI=1S/C21H26N2O2S2/c1-4-13(2)23-27(24,25)15-9-10-19-18(12-15)16-6-5-7-17(16)21(22-19)20-11-8-14(3)26-20/h5-6,8-13,16-17,21-23H,4,7H2,1-3H3. The predicted molar refractivity (Wildman–Crippen MR) is 112 cm³/mol. The van der Waals surface area contributed by atoms with Gasteiger partial charge in [0.1, 0.15) is 0 Å². The minimum atomic E-state index is -3.50. The molecule has 2 N–H and O–H groups in total. The van der Waals surface area contributed by atoms with Crippen LogP contribution in [0, 0.1) is 12.8 Å². The summed E-state index contributed by atoms with van der Waals surface area (Å²) >= 11 is 1.84. The van der Waals surface area contributed by atoms with Gasteiger partial charge in [-0.25, -0.2) is 13.1 Å². The van der Waals surface area contributed by atoms with E-state index in [1.54, 1.807) is 6.07 Å². The number of sulfonamides is 1. The molecule has 0 saturated heterocycles. The van der Waals surface area contributed by atoms with Crippen LogP contribution in [0.15, 0.2) is 47.4 Å². The van der Waals surface area contributed by atoms with Gasteiger partial charge in [-0.05, 0) is 68.5 Å². The Morgan fingerprint density at radius 1 is 1.30 bits per heavy atom. The van der Waals surface area contributed by atoms with Crippen LogP contribution in [0.1, 0.15) is 54.0 Å². The van der Waals surface area contributed by atoms with Gasteiger partial charge in [0, 0.05) is 27.4 Å². The van der Waals surface area contributed by atoms with Crippen molar-refractivity contribution in [2.45, 2.75) is 56.5 Å². The fourth-order valence-electron chi connectivity index (χ4n) is 4.06. The van der Waals surface area contributed by atoms with Crippen LogP contribution < -0.4 is 10.0 Å². The summed E-state index contributed by atoms with van der Waals surface area (Å²) in [5, 5.41) is 3.68. The molecule has 4 unspecified atom stereocenters. The van der Waals surface area contributed by atoms with E-state index in [0.29, 0.717) is 10.8 Å². The van der Waals surface area contributed by atoms with Gasteiger partial charge in [0.25, 0.3) is 0 Å². The van der Waals surface area contributed by atoms with Gasteiger partial charge in [0.2, 0.25) is 10.0 Å². The van der Waals surface area contributed by atoms with Crippen LogP contribution in [0.3, 0.4) is 0 Å². The molecule has 0 spiro atoms. The molecule has 1 aliphatic heterocycles. The zero-order chi connectivity index (χ0) is 19.2. The smallest absolute Gasteiger partial charge is 0.240 e. The summed E-state index contributed by atoms with van der Waals surface area (Å²) in [4.78, 5) is 3.03. The summed E-state index contributed by atoms with van der Waals surface area (Å²) in [6, 6.07) is 10.1. The van der Waals surface area contributed by atoms with Crippen LogP contribution in [0.4, 0.5) is 5.69 Å². The zero-order valence-corrected chi connectivity index (χ0v) is 17.5. The Morgan fingerprint density at radius 2 is 2.11 bits per heavy atom. The van der Waals surface area contributed by atoms with Gasteiger partial charge in [-0.3, -0.25) is 0 Å². The van der Waals surface area contributed by atoms with E-state index in [4.69, 9.17) is 0 Å². The molecule has 144 valence electrons. The summed E-state index contributed by atoms with van der Waals surface area (Å²) in [5.41, 5.74) is 2.13. The highest BCUT2D eigenvalue weighted by Crippen LogP contribution is 2.51. The van der Waals surface area contributed by atoms with E-state index in [2.05, 4.69) is 41.2 Å². The molecule has 0 radical (unpaired) electrons. The van der Waals surface area contributed by atoms with Crippen molar-refractivity contribution in [2.75, 3.05) is 5.32 Å². The molecule has 4 nitrogen and oxygen atoms in total. The molecule has 27 heavy (non-hydrogen) atoms. The third kappa shape index (κ3) is 3.46. The number of fused-ring (bicyclic) bond motifs is 3. The fourth-order valence-corrected chi connectivity index (χ4v) is 6.42. The van der Waals surface area contributed by atoms with Gasteiger partial charge in [-0.15, -0.1) is 11.3 Å². The lowest BCUT2D eigenvalue weighted by molar-refractivity contribution is 0.429. The van der Waals surface area contributed by atoms with E-state index in [9.17, 15) is 8.42 Å². The molecule has 1 aromatic heterocycles. The number of allylic oxidation sites excluding steroid dienone is 2. The van der Waals surface area contributed by atoms with E-state index in [1.165, 1.54) is 9.75 Å². The van der Waals surface area contributed by atoms with E-state index < -0.39 is 10.0 Å². The summed E-state index contributed by atoms with van der Waals surface area (Å²) in [6.07, 6.45) is 6.26. The number of thiophene rings is 1. The van der Waals surface area contributed by atoms with Crippen LogP contribution in [0.2, 0.25) is 0 Å². The maximum Gasteiger partial charge on any atom is 0.240 e. The van der Waals surface area contributed by atoms with Crippen LogP contribution in [-0.4, -0.2) is 14.5 Å². The second-order valence-corrected chi connectivity index (χ2v) is 10.6. The summed E-state index contributed by atoms with van der Waals surface area (Å²) in [7, 11) is -3.50. The number of nitrogens with one attached hydrogen (secondary N) is 2. The molecule has 0 amide bonds. The number of aryl methyl sites for hydroxylation is 1. The third-order valence-electron chi connectivity index (χ3n) is 5.68. The number of rotatable bonds is 5. The van der Waals surface area contributed by atoms with Crippen molar-refractivity contribution >= 4 is 27.0 Å². The molecule has 1 aromatic carbocycles. The van der Waals surface area contributed by atoms with Gasteiger partial charge in [-0.1, -0.05) is 19.1 Å². The molecule has 6 heteroatoms. The summed E-state index contributed by atoms with van der Waals surface area (Å²) < 4.78 is 28.2. The van der Waals surface area contributed by atoms with Crippen LogP contribution in [-0.2, 0) is 10.0 Å². The van der Waals surface area contributed by atoms with Gasteiger partial charge < -0.3 is 5.32 Å². The largest absolute Gasteiger partial charge is 0.377 e. The van der Waals surface area contributed by atoms with E-state index in [-0.39, 0.29) is 18.0 Å². The molecule has 2 aromatic rings. The van der Waals surface area contributed by atoms with Gasteiger partial charge >= 0.3 is 0 Å². The van der Waals surface area contributed by atoms with Crippen molar-refractivity contribution in [3.63, 3.8) is 0 Å². The molecular weight excluding hydrogens is 376 g/mol. The lowest BCUT2D eigenvalue weighted by Crippen LogP contribution is -2.33. The average Bonchev–Trinajstić information content (AvgIpc) is 3.29. The number of anilines is 1. The molecule has 0 saturated carbocycles. The van der Waals surface area contributed by atoms with Gasteiger partial charge in [0.05, 0.1) is 10.9 Å². The van der Waals surface area contributed by atoms with E-state index in [0.717, 1.165) is 24.1 Å². The number of hydrogen-bond acceptors (Lipinski definition) is 4. The first kappa shape index (κ1) is 18.7. The van der Waals surface area contributed by atoms with Crippen molar-refractivity contribution < 1.29 is 8.42 Å². The van der Waals surface area contributed by atoms with Gasteiger partial charge in [0.15, 0.2) is 0 Å². The monoisotopic (exact) mass is 402 g/mol.